The summed E-state index contributed by atoms with van der Waals surface area (Å²) in [5.41, 5.74) is 2.40. The second kappa shape index (κ2) is 9.25. The van der Waals surface area contributed by atoms with Gasteiger partial charge in [-0.2, -0.15) is 0 Å². The van der Waals surface area contributed by atoms with Gasteiger partial charge >= 0.3 is 0 Å². The molecule has 0 bridgehead atoms. The Hall–Kier alpha value is -2.32. The lowest BCUT2D eigenvalue weighted by Crippen LogP contribution is -2.50. The predicted molar refractivity (Wildman–Crippen MR) is 110 cm³/mol. The molecule has 3 rings (SSSR count). The van der Waals surface area contributed by atoms with Gasteiger partial charge in [0.2, 0.25) is 11.8 Å². The summed E-state index contributed by atoms with van der Waals surface area (Å²) in [5.74, 6) is 1.54. The summed E-state index contributed by atoms with van der Waals surface area (Å²) < 4.78 is 4.94. The maximum Gasteiger partial charge on any atom is 0.239 e. The van der Waals surface area contributed by atoms with Crippen molar-refractivity contribution >= 4 is 29.4 Å². The summed E-state index contributed by atoms with van der Waals surface area (Å²) in [5, 5.41) is 6.48. The maximum absolute atomic E-state index is 12.5. The molecular formula is C20H26N4O3S. The zero-order valence-corrected chi connectivity index (χ0v) is 17.3. The summed E-state index contributed by atoms with van der Waals surface area (Å²) in [4.78, 5) is 29.7. The van der Waals surface area contributed by atoms with Gasteiger partial charge in [0.1, 0.15) is 5.76 Å². The number of rotatable bonds is 6. The van der Waals surface area contributed by atoms with Crippen LogP contribution in [0.15, 0.2) is 33.7 Å². The molecule has 2 amide bonds. The van der Waals surface area contributed by atoms with Crippen LogP contribution in [0.5, 0.6) is 0 Å². The maximum atomic E-state index is 12.5. The van der Waals surface area contributed by atoms with Crippen molar-refractivity contribution in [2.45, 2.75) is 25.7 Å². The minimum Gasteiger partial charge on any atom is -0.360 e. The minimum absolute atomic E-state index is 0.126. The van der Waals surface area contributed by atoms with Gasteiger partial charge < -0.3 is 14.7 Å². The van der Waals surface area contributed by atoms with Crippen LogP contribution in [0.3, 0.4) is 0 Å². The van der Waals surface area contributed by atoms with E-state index in [2.05, 4.69) is 42.5 Å². The van der Waals surface area contributed by atoms with Crippen LogP contribution in [0.2, 0.25) is 0 Å². The minimum atomic E-state index is -0.126. The monoisotopic (exact) mass is 402 g/mol. The third-order valence-corrected chi connectivity index (χ3v) is 5.82. The largest absolute Gasteiger partial charge is 0.360 e. The lowest BCUT2D eigenvalue weighted by Gasteiger charge is -2.34. The Labute approximate surface area is 169 Å². The molecule has 28 heavy (non-hydrogen) atoms. The van der Waals surface area contributed by atoms with Gasteiger partial charge in [-0.25, -0.2) is 0 Å². The second-order valence-corrected chi connectivity index (χ2v) is 8.10. The molecule has 0 spiro atoms. The van der Waals surface area contributed by atoms with E-state index in [1.165, 1.54) is 11.1 Å². The Bertz CT molecular complexity index is 844. The summed E-state index contributed by atoms with van der Waals surface area (Å²) in [6.07, 6.45) is 0. The number of piperazine rings is 1. The molecule has 2 aromatic rings. The Balaban J connectivity index is 1.41. The fourth-order valence-electron chi connectivity index (χ4n) is 3.06. The number of thioether (sulfide) groups is 1. The van der Waals surface area contributed by atoms with Crippen LogP contribution >= 0.6 is 11.8 Å². The van der Waals surface area contributed by atoms with E-state index >= 15 is 0 Å². The van der Waals surface area contributed by atoms with Gasteiger partial charge in [-0.15, -0.1) is 11.8 Å². The van der Waals surface area contributed by atoms with Gasteiger partial charge in [0.05, 0.1) is 12.3 Å². The molecule has 1 aromatic heterocycles. The van der Waals surface area contributed by atoms with Crippen LogP contribution in [0.25, 0.3) is 0 Å². The first-order valence-electron chi connectivity index (χ1n) is 9.34. The standard InChI is InChI=1S/C20H26N4O3S/c1-14-4-5-15(2)17(10-14)28-13-20(26)24-8-6-23(7-9-24)12-19(25)21-18-11-16(3)27-22-18/h4-5,10-11H,6-9,12-13H2,1-3H3,(H,21,22,25). The van der Waals surface area contributed by atoms with Crippen LogP contribution in [-0.2, 0) is 9.59 Å². The first-order valence-corrected chi connectivity index (χ1v) is 10.3. The van der Waals surface area contributed by atoms with E-state index in [-0.39, 0.29) is 18.4 Å². The van der Waals surface area contributed by atoms with Crippen LogP contribution in [0.4, 0.5) is 5.82 Å². The Morgan fingerprint density at radius 2 is 1.89 bits per heavy atom. The first-order chi connectivity index (χ1) is 13.4. The number of hydrogen-bond donors (Lipinski definition) is 1. The molecule has 7 nitrogen and oxygen atoms in total. The molecule has 0 aliphatic carbocycles. The zero-order valence-electron chi connectivity index (χ0n) is 16.5. The van der Waals surface area contributed by atoms with Gasteiger partial charge in [0.25, 0.3) is 0 Å². The van der Waals surface area contributed by atoms with Crippen molar-refractivity contribution in [2.75, 3.05) is 43.8 Å². The van der Waals surface area contributed by atoms with Gasteiger partial charge in [0, 0.05) is 37.1 Å². The predicted octanol–water partition coefficient (Wildman–Crippen LogP) is 2.47. The summed E-state index contributed by atoms with van der Waals surface area (Å²) in [6.45, 7) is 8.84. The number of aromatic nitrogens is 1. The number of nitrogens with one attached hydrogen (secondary N) is 1. The SMILES string of the molecule is Cc1ccc(C)c(SCC(=O)N2CCN(CC(=O)Nc3cc(C)on3)CC2)c1. The van der Waals surface area contributed by atoms with Gasteiger partial charge in [-0.1, -0.05) is 22.9 Å². The molecule has 1 fully saturated rings. The molecule has 0 atom stereocenters. The highest BCUT2D eigenvalue weighted by molar-refractivity contribution is 8.00. The molecule has 150 valence electrons. The number of carbonyl (C=O) groups excluding carboxylic acids is 2. The van der Waals surface area contributed by atoms with E-state index < -0.39 is 0 Å². The molecule has 1 N–H and O–H groups in total. The Morgan fingerprint density at radius 1 is 1.14 bits per heavy atom. The first kappa shape index (κ1) is 20.4. The van der Waals surface area contributed by atoms with E-state index in [0.29, 0.717) is 43.5 Å². The van der Waals surface area contributed by atoms with Gasteiger partial charge in [-0.05, 0) is 32.4 Å². The molecule has 8 heteroatoms. The number of nitrogens with zero attached hydrogens (tertiary/aromatic N) is 3. The molecule has 1 aromatic carbocycles. The number of aryl methyl sites for hydroxylation is 3. The van der Waals surface area contributed by atoms with Crippen molar-refractivity contribution in [1.29, 1.82) is 0 Å². The quantitative estimate of drug-likeness (QED) is 0.748. The third-order valence-electron chi connectivity index (χ3n) is 4.68. The molecular weight excluding hydrogens is 376 g/mol. The Kier molecular flexibility index (Phi) is 6.74. The topological polar surface area (TPSA) is 78.7 Å². The van der Waals surface area contributed by atoms with Crippen LogP contribution in [0, 0.1) is 20.8 Å². The molecule has 1 saturated heterocycles. The van der Waals surface area contributed by atoms with Crippen molar-refractivity contribution in [3.8, 4) is 0 Å². The highest BCUT2D eigenvalue weighted by atomic mass is 32.2. The fraction of sp³-hybridized carbons (Fsp3) is 0.450. The van der Waals surface area contributed by atoms with E-state index in [9.17, 15) is 9.59 Å². The van der Waals surface area contributed by atoms with Crippen molar-refractivity contribution in [1.82, 2.24) is 15.0 Å². The fourth-order valence-corrected chi connectivity index (χ4v) is 4.09. The van der Waals surface area contributed by atoms with Crippen molar-refractivity contribution < 1.29 is 14.1 Å². The molecule has 1 aliphatic rings. The van der Waals surface area contributed by atoms with Gasteiger partial charge in [-0.3, -0.25) is 14.5 Å². The number of carbonyl (C=O) groups is 2. The van der Waals surface area contributed by atoms with E-state index in [1.807, 2.05) is 9.80 Å². The molecule has 2 heterocycles. The van der Waals surface area contributed by atoms with Crippen molar-refractivity contribution in [3.05, 3.63) is 41.2 Å². The second-order valence-electron chi connectivity index (χ2n) is 7.09. The smallest absolute Gasteiger partial charge is 0.239 e. The van der Waals surface area contributed by atoms with Crippen LogP contribution < -0.4 is 5.32 Å². The average Bonchev–Trinajstić information content (AvgIpc) is 3.07. The number of benzene rings is 1. The lowest BCUT2D eigenvalue weighted by atomic mass is 10.2. The van der Waals surface area contributed by atoms with Crippen LogP contribution in [0.1, 0.15) is 16.9 Å². The van der Waals surface area contributed by atoms with E-state index in [0.717, 1.165) is 4.90 Å². The van der Waals surface area contributed by atoms with E-state index in [1.54, 1.807) is 24.8 Å². The summed E-state index contributed by atoms with van der Waals surface area (Å²) in [6, 6.07) is 7.98. The molecule has 0 radical (unpaired) electrons. The third kappa shape index (κ3) is 5.59. The van der Waals surface area contributed by atoms with Crippen molar-refractivity contribution in [2.24, 2.45) is 0 Å². The summed E-state index contributed by atoms with van der Waals surface area (Å²) in [7, 11) is 0. The van der Waals surface area contributed by atoms with Crippen LogP contribution in [-0.4, -0.2) is 65.2 Å². The number of anilines is 1. The average molecular weight is 403 g/mol. The zero-order chi connectivity index (χ0) is 20.1. The molecule has 1 aliphatic heterocycles. The highest BCUT2D eigenvalue weighted by Crippen LogP contribution is 2.24. The Morgan fingerprint density at radius 3 is 2.57 bits per heavy atom. The molecule has 0 saturated carbocycles. The summed E-state index contributed by atoms with van der Waals surface area (Å²) >= 11 is 1.59. The molecule has 0 unspecified atom stereocenters. The van der Waals surface area contributed by atoms with E-state index in [4.69, 9.17) is 4.52 Å². The number of hydrogen-bond acceptors (Lipinski definition) is 6. The highest BCUT2D eigenvalue weighted by Gasteiger charge is 2.22. The lowest BCUT2D eigenvalue weighted by molar-refractivity contribution is -0.130. The normalized spacial score (nSPS) is 14.9. The van der Waals surface area contributed by atoms with Crippen molar-refractivity contribution in [3.63, 3.8) is 0 Å². The van der Waals surface area contributed by atoms with Gasteiger partial charge in [0.15, 0.2) is 5.82 Å². The number of amides is 2.